The van der Waals surface area contributed by atoms with Crippen molar-refractivity contribution in [2.24, 2.45) is 0 Å². The molecule has 1 aromatic heterocycles. The molecule has 0 unspecified atom stereocenters. The molecule has 0 bridgehead atoms. The zero-order valence-electron chi connectivity index (χ0n) is 20.5. The van der Waals surface area contributed by atoms with Crippen LogP contribution in [0.1, 0.15) is 48.0 Å². The Hall–Kier alpha value is -3.80. The Labute approximate surface area is 205 Å². The van der Waals surface area contributed by atoms with Crippen molar-refractivity contribution >= 4 is 22.4 Å². The molecule has 0 saturated carbocycles. The van der Waals surface area contributed by atoms with E-state index in [0.717, 1.165) is 30.0 Å². The Bertz CT molecular complexity index is 1430. The minimum absolute atomic E-state index is 0.0600. The van der Waals surface area contributed by atoms with Crippen LogP contribution in [0.5, 0.6) is 5.75 Å². The van der Waals surface area contributed by atoms with Gasteiger partial charge in [0.05, 0.1) is 18.3 Å². The molecule has 0 saturated heterocycles. The monoisotopic (exact) mass is 466 g/mol. The first-order chi connectivity index (χ1) is 16.9. The van der Waals surface area contributed by atoms with Crippen LogP contribution in [0.15, 0.2) is 66.9 Å². The number of amides is 1. The Morgan fingerprint density at radius 3 is 2.71 bits per heavy atom. The number of nitrogens with zero attached hydrogens (tertiary/aromatic N) is 4. The molecule has 3 heterocycles. The molecule has 3 aromatic carbocycles. The maximum atomic E-state index is 13.5. The Morgan fingerprint density at radius 2 is 1.86 bits per heavy atom. The van der Waals surface area contributed by atoms with E-state index < -0.39 is 0 Å². The predicted octanol–water partition coefficient (Wildman–Crippen LogP) is 5.35. The summed E-state index contributed by atoms with van der Waals surface area (Å²) >= 11 is 0. The standard InChI is InChI=1S/C29H30N4O2/c1-29(2,3)33-26-13-14-31(17-22(26)16-30-33)28(34)21-8-6-9-23(15-21)32-18-25-24-10-5-4-7-20(24)11-12-27(25)35-19-32/h4-12,15-16H,13-14,17-19H2,1-3H3. The number of carbonyl (C=O) groups excluding carboxylic acids is 1. The van der Waals surface area contributed by atoms with Crippen LogP contribution in [0.2, 0.25) is 0 Å². The molecule has 1 amide bonds. The number of aromatic nitrogens is 2. The van der Waals surface area contributed by atoms with Crippen LogP contribution in [-0.4, -0.2) is 33.9 Å². The molecule has 2 aliphatic heterocycles. The summed E-state index contributed by atoms with van der Waals surface area (Å²) in [5, 5.41) is 7.03. The lowest BCUT2D eigenvalue weighted by atomic mass is 10.0. The van der Waals surface area contributed by atoms with E-state index in [1.54, 1.807) is 0 Å². The van der Waals surface area contributed by atoms with Crippen LogP contribution in [0, 0.1) is 0 Å². The van der Waals surface area contributed by atoms with E-state index in [-0.39, 0.29) is 11.4 Å². The number of anilines is 1. The molecule has 0 atom stereocenters. The number of hydrogen-bond acceptors (Lipinski definition) is 4. The number of ether oxygens (including phenoxy) is 1. The fraction of sp³-hybridized carbons (Fsp3) is 0.310. The lowest BCUT2D eigenvalue weighted by molar-refractivity contribution is 0.0732. The third-order valence-corrected chi connectivity index (χ3v) is 7.04. The average molecular weight is 467 g/mol. The highest BCUT2D eigenvalue weighted by molar-refractivity contribution is 5.95. The zero-order chi connectivity index (χ0) is 24.2. The van der Waals surface area contributed by atoms with E-state index in [0.29, 0.717) is 25.4 Å². The lowest BCUT2D eigenvalue weighted by Gasteiger charge is -2.32. The molecule has 0 fully saturated rings. The topological polar surface area (TPSA) is 50.6 Å². The Morgan fingerprint density at radius 1 is 1.00 bits per heavy atom. The molecule has 178 valence electrons. The summed E-state index contributed by atoms with van der Waals surface area (Å²) in [6, 6.07) is 20.5. The van der Waals surface area contributed by atoms with Crippen molar-refractivity contribution in [2.45, 2.75) is 45.8 Å². The number of hydrogen-bond donors (Lipinski definition) is 0. The van der Waals surface area contributed by atoms with Gasteiger partial charge < -0.3 is 14.5 Å². The van der Waals surface area contributed by atoms with Gasteiger partial charge in [0.1, 0.15) is 5.75 Å². The summed E-state index contributed by atoms with van der Waals surface area (Å²) in [5.41, 5.74) is 5.21. The number of benzene rings is 3. The van der Waals surface area contributed by atoms with Crippen molar-refractivity contribution in [1.82, 2.24) is 14.7 Å². The van der Waals surface area contributed by atoms with Gasteiger partial charge in [-0.15, -0.1) is 0 Å². The van der Waals surface area contributed by atoms with Crippen LogP contribution >= 0.6 is 0 Å². The van der Waals surface area contributed by atoms with Crippen molar-refractivity contribution in [3.63, 3.8) is 0 Å². The van der Waals surface area contributed by atoms with E-state index in [1.165, 1.54) is 22.0 Å². The highest BCUT2D eigenvalue weighted by Gasteiger charge is 2.28. The van der Waals surface area contributed by atoms with Crippen LogP contribution in [0.4, 0.5) is 5.69 Å². The summed E-state index contributed by atoms with van der Waals surface area (Å²) in [7, 11) is 0. The van der Waals surface area contributed by atoms with Gasteiger partial charge >= 0.3 is 0 Å². The highest BCUT2D eigenvalue weighted by Crippen LogP contribution is 2.34. The summed E-state index contributed by atoms with van der Waals surface area (Å²) in [6.07, 6.45) is 2.74. The van der Waals surface area contributed by atoms with Crippen LogP contribution in [0.3, 0.4) is 0 Å². The van der Waals surface area contributed by atoms with Crippen molar-refractivity contribution in [3.05, 3.63) is 89.2 Å². The van der Waals surface area contributed by atoms with Gasteiger partial charge in [0.15, 0.2) is 6.73 Å². The molecule has 2 aliphatic rings. The van der Waals surface area contributed by atoms with Gasteiger partial charge in [-0.2, -0.15) is 5.10 Å². The van der Waals surface area contributed by atoms with E-state index in [1.807, 2.05) is 29.3 Å². The predicted molar refractivity (Wildman–Crippen MR) is 138 cm³/mol. The average Bonchev–Trinajstić information content (AvgIpc) is 3.32. The van der Waals surface area contributed by atoms with E-state index in [4.69, 9.17) is 4.74 Å². The second-order valence-electron chi connectivity index (χ2n) is 10.5. The molecular weight excluding hydrogens is 436 g/mol. The van der Waals surface area contributed by atoms with Crippen molar-refractivity contribution in [1.29, 1.82) is 0 Å². The van der Waals surface area contributed by atoms with Gasteiger partial charge in [-0.3, -0.25) is 9.48 Å². The minimum Gasteiger partial charge on any atom is -0.473 e. The van der Waals surface area contributed by atoms with Crippen LogP contribution < -0.4 is 9.64 Å². The molecule has 0 aliphatic carbocycles. The lowest BCUT2D eigenvalue weighted by Crippen LogP contribution is -2.37. The first kappa shape index (κ1) is 21.7. The molecule has 0 spiro atoms. The molecular formula is C29H30N4O2. The molecule has 4 aromatic rings. The van der Waals surface area contributed by atoms with Gasteiger partial charge in [-0.25, -0.2) is 0 Å². The van der Waals surface area contributed by atoms with Crippen molar-refractivity contribution < 1.29 is 9.53 Å². The summed E-state index contributed by atoms with van der Waals surface area (Å²) in [5.74, 6) is 0.997. The molecule has 35 heavy (non-hydrogen) atoms. The van der Waals surface area contributed by atoms with E-state index >= 15 is 0 Å². The number of fused-ring (bicyclic) bond motifs is 4. The maximum Gasteiger partial charge on any atom is 0.254 e. The Kier molecular flexibility index (Phi) is 5.06. The highest BCUT2D eigenvalue weighted by atomic mass is 16.5. The molecule has 6 heteroatoms. The first-order valence-electron chi connectivity index (χ1n) is 12.2. The SMILES string of the molecule is CC(C)(C)n1ncc2c1CCN(C(=O)c1cccc(N3COc4ccc5ccccc5c4C3)c1)C2. The van der Waals surface area contributed by atoms with Crippen LogP contribution in [0.25, 0.3) is 10.8 Å². The summed E-state index contributed by atoms with van der Waals surface area (Å²) in [4.78, 5) is 17.6. The molecule has 0 radical (unpaired) electrons. The van der Waals surface area contributed by atoms with Gasteiger partial charge in [0.25, 0.3) is 5.91 Å². The molecule has 0 N–H and O–H groups in total. The fourth-order valence-electron chi connectivity index (χ4n) is 5.27. The van der Waals surface area contributed by atoms with E-state index in [9.17, 15) is 4.79 Å². The fourth-order valence-corrected chi connectivity index (χ4v) is 5.27. The normalized spacial score (nSPS) is 15.5. The van der Waals surface area contributed by atoms with Crippen LogP contribution in [-0.2, 0) is 25.0 Å². The van der Waals surface area contributed by atoms with Crippen molar-refractivity contribution in [3.8, 4) is 5.75 Å². The minimum atomic E-state index is -0.0610. The second-order valence-corrected chi connectivity index (χ2v) is 10.5. The third-order valence-electron chi connectivity index (χ3n) is 7.04. The Balaban J connectivity index is 1.24. The quantitative estimate of drug-likeness (QED) is 0.400. The molecule has 6 nitrogen and oxygen atoms in total. The maximum absolute atomic E-state index is 13.5. The number of rotatable bonds is 2. The van der Waals surface area contributed by atoms with Gasteiger partial charge in [0, 0.05) is 47.6 Å². The van der Waals surface area contributed by atoms with Gasteiger partial charge in [-0.1, -0.05) is 36.4 Å². The second kappa shape index (κ2) is 8.15. The smallest absolute Gasteiger partial charge is 0.254 e. The number of carbonyl (C=O) groups is 1. The van der Waals surface area contributed by atoms with Crippen molar-refractivity contribution in [2.75, 3.05) is 18.2 Å². The summed E-state index contributed by atoms with van der Waals surface area (Å²) in [6.45, 7) is 8.98. The molecule has 6 rings (SSSR count). The first-order valence-corrected chi connectivity index (χ1v) is 12.2. The van der Waals surface area contributed by atoms with Gasteiger partial charge in [0.2, 0.25) is 0 Å². The largest absolute Gasteiger partial charge is 0.473 e. The van der Waals surface area contributed by atoms with E-state index in [2.05, 4.69) is 77.9 Å². The zero-order valence-corrected chi connectivity index (χ0v) is 20.5. The third kappa shape index (κ3) is 3.83. The van der Waals surface area contributed by atoms with Gasteiger partial charge in [-0.05, 0) is 55.8 Å². The summed E-state index contributed by atoms with van der Waals surface area (Å²) < 4.78 is 8.21.